The molecule has 0 bridgehead atoms. The second-order valence-corrected chi connectivity index (χ2v) is 9.55. The van der Waals surface area contributed by atoms with Gasteiger partial charge < -0.3 is 10.6 Å². The van der Waals surface area contributed by atoms with Crippen LogP contribution in [-0.2, 0) is 16.6 Å². The molecule has 3 rings (SSSR count). The fraction of sp³-hybridized carbons (Fsp3) is 0.400. The van der Waals surface area contributed by atoms with Crippen molar-refractivity contribution in [3.05, 3.63) is 54.4 Å². The minimum atomic E-state index is -3.58. The van der Waals surface area contributed by atoms with Crippen LogP contribution in [0, 0.1) is 5.92 Å². The first-order valence-corrected chi connectivity index (χ1v) is 11.5. The van der Waals surface area contributed by atoms with Gasteiger partial charge in [-0.3, -0.25) is 4.98 Å². The summed E-state index contributed by atoms with van der Waals surface area (Å²) in [4.78, 5) is 16.1. The zero-order valence-corrected chi connectivity index (χ0v) is 17.5. The van der Waals surface area contributed by atoms with Gasteiger partial charge in [0.15, 0.2) is 0 Å². The third-order valence-corrected chi connectivity index (χ3v) is 6.81. The third kappa shape index (κ3) is 6.69. The predicted molar refractivity (Wildman–Crippen MR) is 113 cm³/mol. The van der Waals surface area contributed by atoms with Crippen molar-refractivity contribution in [3.8, 4) is 0 Å². The number of amides is 2. The molecule has 0 spiro atoms. The minimum Gasteiger partial charge on any atom is -0.334 e. The highest BCUT2D eigenvalue weighted by atomic mass is 35.5. The van der Waals surface area contributed by atoms with Crippen LogP contribution in [-0.4, -0.2) is 31.4 Å². The largest absolute Gasteiger partial charge is 0.334 e. The Labute approximate surface area is 176 Å². The number of pyridine rings is 1. The van der Waals surface area contributed by atoms with Crippen LogP contribution in [0.4, 0.5) is 10.5 Å². The van der Waals surface area contributed by atoms with Crippen molar-refractivity contribution < 1.29 is 13.2 Å². The highest BCUT2D eigenvalue weighted by Crippen LogP contribution is 2.27. The van der Waals surface area contributed by atoms with Crippen LogP contribution in [0.25, 0.3) is 0 Å². The van der Waals surface area contributed by atoms with Crippen molar-refractivity contribution >= 4 is 33.3 Å². The Balaban J connectivity index is 1.48. The maximum absolute atomic E-state index is 12.5. The summed E-state index contributed by atoms with van der Waals surface area (Å²) in [5, 5.41) is 5.61. The van der Waals surface area contributed by atoms with E-state index in [1.54, 1.807) is 30.6 Å². The SMILES string of the molecule is O=C(NCc1cccnc1)Nc1ccc(S(=O)(=O)NCC2CCC(Cl)CC2)cc1. The Kier molecular flexibility index (Phi) is 7.46. The molecule has 1 aromatic carbocycles. The Hall–Kier alpha value is -2.16. The van der Waals surface area contributed by atoms with Gasteiger partial charge in [0, 0.05) is 36.5 Å². The van der Waals surface area contributed by atoms with Gasteiger partial charge in [0.25, 0.3) is 0 Å². The zero-order chi connectivity index (χ0) is 20.7. The number of hydrogen-bond donors (Lipinski definition) is 3. The monoisotopic (exact) mass is 436 g/mol. The Morgan fingerprint density at radius 3 is 2.48 bits per heavy atom. The van der Waals surface area contributed by atoms with Crippen molar-refractivity contribution in [1.82, 2.24) is 15.0 Å². The van der Waals surface area contributed by atoms with E-state index in [1.807, 2.05) is 6.07 Å². The number of rotatable bonds is 7. The number of urea groups is 1. The highest BCUT2D eigenvalue weighted by Gasteiger charge is 2.22. The Bertz CT molecular complexity index is 899. The summed E-state index contributed by atoms with van der Waals surface area (Å²) < 4.78 is 27.7. The van der Waals surface area contributed by atoms with Crippen LogP contribution in [0.5, 0.6) is 0 Å². The van der Waals surface area contributed by atoms with Crippen LogP contribution >= 0.6 is 11.6 Å². The lowest BCUT2D eigenvalue weighted by Gasteiger charge is -2.25. The average molecular weight is 437 g/mol. The van der Waals surface area contributed by atoms with E-state index in [9.17, 15) is 13.2 Å². The number of alkyl halides is 1. The first-order valence-electron chi connectivity index (χ1n) is 9.60. The highest BCUT2D eigenvalue weighted by molar-refractivity contribution is 7.89. The average Bonchev–Trinajstić information content (AvgIpc) is 2.73. The fourth-order valence-electron chi connectivity index (χ4n) is 3.21. The number of nitrogens with zero attached hydrogens (tertiary/aromatic N) is 1. The van der Waals surface area contributed by atoms with Crippen LogP contribution in [0.1, 0.15) is 31.2 Å². The van der Waals surface area contributed by atoms with Gasteiger partial charge in [0.1, 0.15) is 0 Å². The Morgan fingerprint density at radius 2 is 1.83 bits per heavy atom. The molecule has 0 unspecified atom stereocenters. The molecule has 156 valence electrons. The van der Waals surface area contributed by atoms with E-state index in [0.29, 0.717) is 24.7 Å². The van der Waals surface area contributed by atoms with E-state index in [4.69, 9.17) is 11.6 Å². The molecule has 29 heavy (non-hydrogen) atoms. The van der Waals surface area contributed by atoms with Gasteiger partial charge in [-0.2, -0.15) is 0 Å². The molecule has 1 aliphatic rings. The summed E-state index contributed by atoms with van der Waals surface area (Å²) >= 11 is 6.09. The van der Waals surface area contributed by atoms with Crippen LogP contribution in [0.15, 0.2) is 53.7 Å². The molecule has 0 aliphatic heterocycles. The molecule has 1 aliphatic carbocycles. The third-order valence-electron chi connectivity index (χ3n) is 4.94. The van der Waals surface area contributed by atoms with Crippen LogP contribution in [0.3, 0.4) is 0 Å². The molecule has 3 N–H and O–H groups in total. The summed E-state index contributed by atoms with van der Waals surface area (Å²) in [6.45, 7) is 0.768. The topological polar surface area (TPSA) is 100 Å². The predicted octanol–water partition coefficient (Wildman–Crippen LogP) is 3.48. The smallest absolute Gasteiger partial charge is 0.319 e. The van der Waals surface area contributed by atoms with Crippen LogP contribution < -0.4 is 15.4 Å². The number of carbonyl (C=O) groups excluding carboxylic acids is 1. The van der Waals surface area contributed by atoms with Crippen molar-refractivity contribution in [2.45, 2.75) is 42.5 Å². The number of anilines is 1. The number of benzene rings is 1. The zero-order valence-electron chi connectivity index (χ0n) is 16.0. The van der Waals surface area contributed by atoms with Crippen molar-refractivity contribution in [1.29, 1.82) is 0 Å². The number of hydrogen-bond acceptors (Lipinski definition) is 4. The molecule has 1 saturated carbocycles. The van der Waals surface area contributed by atoms with Crippen molar-refractivity contribution in [2.24, 2.45) is 5.92 Å². The van der Waals surface area contributed by atoms with E-state index in [2.05, 4.69) is 20.3 Å². The lowest BCUT2D eigenvalue weighted by molar-refractivity contribution is 0.251. The molecule has 1 heterocycles. The quantitative estimate of drug-likeness (QED) is 0.578. The van der Waals surface area contributed by atoms with Gasteiger partial charge in [-0.25, -0.2) is 17.9 Å². The number of nitrogens with one attached hydrogen (secondary N) is 3. The van der Waals surface area contributed by atoms with E-state index in [0.717, 1.165) is 31.2 Å². The number of aromatic nitrogens is 1. The molecule has 0 atom stereocenters. The maximum atomic E-state index is 12.5. The first kappa shape index (κ1) is 21.5. The standard InChI is InChI=1S/C20H25ClN4O3S/c21-17-5-3-15(4-6-17)14-24-29(27,28)19-9-7-18(8-10-19)25-20(26)23-13-16-2-1-11-22-12-16/h1-2,7-12,15,17,24H,3-6,13-14H2,(H2,23,25,26). The molecule has 1 fully saturated rings. The lowest BCUT2D eigenvalue weighted by atomic mass is 9.89. The molecule has 0 saturated heterocycles. The molecular formula is C20H25ClN4O3S. The summed E-state index contributed by atoms with van der Waals surface area (Å²) in [5.74, 6) is 0.323. The fourth-order valence-corrected chi connectivity index (χ4v) is 4.58. The summed E-state index contributed by atoms with van der Waals surface area (Å²) in [6.07, 6.45) is 7.07. The maximum Gasteiger partial charge on any atom is 0.319 e. The number of carbonyl (C=O) groups is 1. The van der Waals surface area contributed by atoms with E-state index >= 15 is 0 Å². The van der Waals surface area contributed by atoms with Gasteiger partial charge in [0.05, 0.1) is 4.90 Å². The van der Waals surface area contributed by atoms with Gasteiger partial charge in [0.2, 0.25) is 10.0 Å². The molecule has 1 aromatic heterocycles. The van der Waals surface area contributed by atoms with Gasteiger partial charge in [-0.05, 0) is 67.5 Å². The van der Waals surface area contributed by atoms with Crippen LogP contribution in [0.2, 0.25) is 0 Å². The molecule has 2 aromatic rings. The Morgan fingerprint density at radius 1 is 1.10 bits per heavy atom. The number of sulfonamides is 1. The van der Waals surface area contributed by atoms with Gasteiger partial charge in [-0.15, -0.1) is 11.6 Å². The first-order chi connectivity index (χ1) is 13.9. The van der Waals surface area contributed by atoms with Gasteiger partial charge in [-0.1, -0.05) is 6.07 Å². The van der Waals surface area contributed by atoms with Gasteiger partial charge >= 0.3 is 6.03 Å². The molecule has 0 radical (unpaired) electrons. The molecule has 2 amide bonds. The summed E-state index contributed by atoms with van der Waals surface area (Å²) in [6, 6.07) is 9.38. The van der Waals surface area contributed by atoms with Crippen molar-refractivity contribution in [2.75, 3.05) is 11.9 Å². The second kappa shape index (κ2) is 10.0. The summed E-state index contributed by atoms with van der Waals surface area (Å²) in [5.41, 5.74) is 1.39. The summed E-state index contributed by atoms with van der Waals surface area (Å²) in [7, 11) is -3.58. The minimum absolute atomic E-state index is 0.171. The lowest BCUT2D eigenvalue weighted by Crippen LogP contribution is -2.31. The van der Waals surface area contributed by atoms with E-state index in [1.165, 1.54) is 12.1 Å². The molecule has 7 nitrogen and oxygen atoms in total. The van der Waals surface area contributed by atoms with E-state index < -0.39 is 10.0 Å². The number of halogens is 1. The van der Waals surface area contributed by atoms with E-state index in [-0.39, 0.29) is 16.3 Å². The molecule has 9 heteroatoms. The second-order valence-electron chi connectivity index (χ2n) is 7.16. The molecular weight excluding hydrogens is 412 g/mol. The van der Waals surface area contributed by atoms with Crippen molar-refractivity contribution in [3.63, 3.8) is 0 Å². The normalized spacial score (nSPS) is 19.5.